The molecule has 1 heterocycles. The average molecular weight is 422 g/mol. The van der Waals surface area contributed by atoms with Gasteiger partial charge in [0.05, 0.1) is 23.3 Å². The normalized spacial score (nSPS) is 15.8. The second-order valence-electron chi connectivity index (χ2n) is 6.63. The van der Waals surface area contributed by atoms with Gasteiger partial charge in [0.15, 0.2) is 14.6 Å². The summed E-state index contributed by atoms with van der Waals surface area (Å²) in [4.78, 5) is 28.9. The Bertz CT molecular complexity index is 956. The van der Waals surface area contributed by atoms with E-state index in [2.05, 4.69) is 15.6 Å². The van der Waals surface area contributed by atoms with Gasteiger partial charge < -0.3 is 10.6 Å². The van der Waals surface area contributed by atoms with Crippen LogP contribution in [-0.2, 0) is 19.4 Å². The molecule has 0 atom stereocenters. The largest absolute Gasteiger partial charge is 0.346 e. The maximum Gasteiger partial charge on any atom is 0.243 e. The van der Waals surface area contributed by atoms with Crippen LogP contribution in [0.2, 0.25) is 5.02 Å². The van der Waals surface area contributed by atoms with E-state index in [1.807, 2.05) is 0 Å². The minimum absolute atomic E-state index is 0.0498. The molecule has 2 N–H and O–H groups in total. The van der Waals surface area contributed by atoms with Gasteiger partial charge >= 0.3 is 0 Å². The van der Waals surface area contributed by atoms with Gasteiger partial charge in [0.2, 0.25) is 11.8 Å². The van der Waals surface area contributed by atoms with Gasteiger partial charge in [-0.2, -0.15) is 0 Å². The first-order valence-electron chi connectivity index (χ1n) is 8.83. The average Bonchev–Trinajstić information content (AvgIpc) is 3.19. The second kappa shape index (κ2) is 8.28. The van der Waals surface area contributed by atoms with Gasteiger partial charge in [0.25, 0.3) is 0 Å². The fourth-order valence-electron chi connectivity index (χ4n) is 3.37. The maximum atomic E-state index is 13.2. The van der Waals surface area contributed by atoms with Crippen molar-refractivity contribution in [1.82, 2.24) is 10.3 Å². The molecular formula is C19H20ClN3O4S. The van der Waals surface area contributed by atoms with Gasteiger partial charge in [-0.25, -0.2) is 8.42 Å². The Balaban J connectivity index is 1.75. The van der Waals surface area contributed by atoms with Crippen molar-refractivity contribution < 1.29 is 18.0 Å². The Morgan fingerprint density at radius 2 is 1.79 bits per heavy atom. The van der Waals surface area contributed by atoms with Crippen molar-refractivity contribution in [1.29, 1.82) is 0 Å². The summed E-state index contributed by atoms with van der Waals surface area (Å²) in [5.41, 5.74) is 0.492. The molecule has 1 saturated carbocycles. The van der Waals surface area contributed by atoms with Crippen LogP contribution >= 0.6 is 11.6 Å². The van der Waals surface area contributed by atoms with E-state index in [1.165, 1.54) is 30.5 Å². The molecule has 7 nitrogen and oxygen atoms in total. The van der Waals surface area contributed by atoms with E-state index in [-0.39, 0.29) is 24.3 Å². The predicted octanol–water partition coefficient (Wildman–Crippen LogP) is 2.58. The second-order valence-corrected chi connectivity index (χ2v) is 9.33. The number of pyridine rings is 1. The number of aromatic nitrogens is 1. The van der Waals surface area contributed by atoms with Gasteiger partial charge in [-0.1, -0.05) is 24.4 Å². The summed E-state index contributed by atoms with van der Waals surface area (Å²) in [6.07, 6.45) is 4.73. The standard InChI is InChI=1S/C19H20ClN3O4S/c20-14-5-7-16(8-6-14)28(26,27)19(9-1-2-10-19)18(25)22-13-17(24)23-15-4-3-11-21-12-15/h3-8,11-12H,1-2,9-10,13H2,(H,22,25)(H,23,24). The van der Waals surface area contributed by atoms with Crippen LogP contribution in [0.1, 0.15) is 25.7 Å². The number of hydrogen-bond acceptors (Lipinski definition) is 5. The van der Waals surface area contributed by atoms with E-state index in [9.17, 15) is 18.0 Å². The molecule has 0 saturated heterocycles. The molecule has 1 fully saturated rings. The molecular weight excluding hydrogens is 402 g/mol. The number of carbonyl (C=O) groups is 2. The highest BCUT2D eigenvalue weighted by atomic mass is 35.5. The number of carbonyl (C=O) groups excluding carboxylic acids is 2. The SMILES string of the molecule is O=C(CNC(=O)C1(S(=O)(=O)c2ccc(Cl)cc2)CCCC1)Nc1cccnc1. The number of rotatable bonds is 6. The lowest BCUT2D eigenvalue weighted by atomic mass is 10.1. The minimum atomic E-state index is -3.94. The van der Waals surface area contributed by atoms with Crippen LogP contribution in [0.3, 0.4) is 0 Å². The van der Waals surface area contributed by atoms with E-state index < -0.39 is 26.4 Å². The molecule has 1 aliphatic carbocycles. The van der Waals surface area contributed by atoms with Crippen molar-refractivity contribution in [2.75, 3.05) is 11.9 Å². The van der Waals surface area contributed by atoms with Crippen molar-refractivity contribution in [2.45, 2.75) is 35.3 Å². The first kappa shape index (κ1) is 20.3. The Morgan fingerprint density at radius 1 is 1.11 bits per heavy atom. The number of anilines is 1. The molecule has 148 valence electrons. The van der Waals surface area contributed by atoms with E-state index in [1.54, 1.807) is 18.3 Å². The molecule has 0 bridgehead atoms. The number of benzene rings is 1. The van der Waals surface area contributed by atoms with Crippen LogP contribution in [0.25, 0.3) is 0 Å². The highest BCUT2D eigenvalue weighted by Crippen LogP contribution is 2.41. The third-order valence-electron chi connectivity index (χ3n) is 4.82. The number of nitrogens with one attached hydrogen (secondary N) is 2. The summed E-state index contributed by atoms with van der Waals surface area (Å²) >= 11 is 5.85. The highest BCUT2D eigenvalue weighted by Gasteiger charge is 2.52. The van der Waals surface area contributed by atoms with E-state index in [4.69, 9.17) is 11.6 Å². The molecule has 1 aliphatic rings. The molecule has 0 spiro atoms. The Labute approximate surface area is 168 Å². The predicted molar refractivity (Wildman–Crippen MR) is 106 cm³/mol. The van der Waals surface area contributed by atoms with Crippen molar-refractivity contribution in [3.05, 3.63) is 53.8 Å². The summed E-state index contributed by atoms with van der Waals surface area (Å²) in [5.74, 6) is -1.11. The molecule has 2 aromatic rings. The van der Waals surface area contributed by atoms with E-state index >= 15 is 0 Å². The lowest BCUT2D eigenvalue weighted by Crippen LogP contribution is -2.52. The number of halogens is 1. The highest BCUT2D eigenvalue weighted by molar-refractivity contribution is 7.93. The molecule has 28 heavy (non-hydrogen) atoms. The summed E-state index contributed by atoms with van der Waals surface area (Å²) in [5, 5.41) is 5.51. The summed E-state index contributed by atoms with van der Waals surface area (Å²) in [7, 11) is -3.94. The fraction of sp³-hybridized carbons (Fsp3) is 0.316. The molecule has 0 unspecified atom stereocenters. The summed E-state index contributed by atoms with van der Waals surface area (Å²) < 4.78 is 24.9. The van der Waals surface area contributed by atoms with Crippen LogP contribution in [0.15, 0.2) is 53.7 Å². The number of sulfone groups is 1. The van der Waals surface area contributed by atoms with Gasteiger partial charge in [-0.05, 0) is 49.2 Å². The Morgan fingerprint density at radius 3 is 2.39 bits per heavy atom. The quantitative estimate of drug-likeness (QED) is 0.745. The number of hydrogen-bond donors (Lipinski definition) is 2. The zero-order chi connectivity index (χ0) is 20.2. The zero-order valence-electron chi connectivity index (χ0n) is 15.0. The zero-order valence-corrected chi connectivity index (χ0v) is 16.6. The van der Waals surface area contributed by atoms with Gasteiger partial charge in [0.1, 0.15) is 0 Å². The first-order chi connectivity index (χ1) is 13.3. The first-order valence-corrected chi connectivity index (χ1v) is 10.7. The van der Waals surface area contributed by atoms with Crippen LogP contribution in [0, 0.1) is 0 Å². The van der Waals surface area contributed by atoms with Crippen LogP contribution in [0.4, 0.5) is 5.69 Å². The topological polar surface area (TPSA) is 105 Å². The van der Waals surface area contributed by atoms with Gasteiger partial charge in [0, 0.05) is 11.2 Å². The number of nitrogens with zero attached hydrogens (tertiary/aromatic N) is 1. The van der Waals surface area contributed by atoms with Crippen molar-refractivity contribution in [2.24, 2.45) is 0 Å². The summed E-state index contributed by atoms with van der Waals surface area (Å²) in [6, 6.07) is 9.10. The molecule has 1 aromatic heterocycles. The smallest absolute Gasteiger partial charge is 0.243 e. The van der Waals surface area contributed by atoms with Crippen LogP contribution < -0.4 is 10.6 Å². The molecule has 0 aliphatic heterocycles. The Hall–Kier alpha value is -2.45. The van der Waals surface area contributed by atoms with Gasteiger partial charge in [-0.15, -0.1) is 0 Å². The minimum Gasteiger partial charge on any atom is -0.346 e. The monoisotopic (exact) mass is 421 g/mol. The summed E-state index contributed by atoms with van der Waals surface area (Å²) in [6.45, 7) is -0.328. The van der Waals surface area contributed by atoms with Crippen molar-refractivity contribution in [3.8, 4) is 0 Å². The molecule has 0 radical (unpaired) electrons. The van der Waals surface area contributed by atoms with Crippen LogP contribution in [-0.4, -0.2) is 36.5 Å². The van der Waals surface area contributed by atoms with Crippen LogP contribution in [0.5, 0.6) is 0 Å². The maximum absolute atomic E-state index is 13.2. The van der Waals surface area contributed by atoms with E-state index in [0.717, 1.165) is 0 Å². The molecule has 1 aromatic carbocycles. The lowest BCUT2D eigenvalue weighted by Gasteiger charge is -2.27. The third kappa shape index (κ3) is 4.02. The molecule has 9 heteroatoms. The third-order valence-corrected chi connectivity index (χ3v) is 7.59. The molecule has 3 rings (SSSR count). The Kier molecular flexibility index (Phi) is 6.00. The lowest BCUT2D eigenvalue weighted by molar-refractivity contribution is -0.126. The van der Waals surface area contributed by atoms with E-state index in [0.29, 0.717) is 23.6 Å². The number of amides is 2. The van der Waals surface area contributed by atoms with Crippen molar-refractivity contribution >= 4 is 38.9 Å². The molecule has 2 amide bonds. The fourth-order valence-corrected chi connectivity index (χ4v) is 5.58. The van der Waals surface area contributed by atoms with Crippen molar-refractivity contribution in [3.63, 3.8) is 0 Å². The van der Waals surface area contributed by atoms with Gasteiger partial charge in [-0.3, -0.25) is 14.6 Å².